The zero-order valence-electron chi connectivity index (χ0n) is 17.8. The molecule has 0 bridgehead atoms. The molecule has 0 spiro atoms. The number of rotatable bonds is 9. The van der Waals surface area contributed by atoms with Crippen molar-refractivity contribution in [3.8, 4) is 0 Å². The lowest BCUT2D eigenvalue weighted by atomic mass is 10.1. The maximum absolute atomic E-state index is 12.6. The molecule has 30 heavy (non-hydrogen) atoms. The Labute approximate surface area is 177 Å². The van der Waals surface area contributed by atoms with Gasteiger partial charge in [-0.25, -0.2) is 0 Å². The van der Waals surface area contributed by atoms with Gasteiger partial charge in [-0.15, -0.1) is 0 Å². The van der Waals surface area contributed by atoms with E-state index in [4.69, 9.17) is 0 Å². The lowest BCUT2D eigenvalue weighted by Crippen LogP contribution is -2.37. The summed E-state index contributed by atoms with van der Waals surface area (Å²) in [5, 5.41) is 5.85. The molecule has 3 rings (SSSR count). The van der Waals surface area contributed by atoms with Crippen molar-refractivity contribution in [3.05, 3.63) is 59.2 Å². The van der Waals surface area contributed by atoms with Gasteiger partial charge in [0, 0.05) is 35.9 Å². The van der Waals surface area contributed by atoms with Crippen LogP contribution in [0.4, 0.5) is 11.4 Å². The smallest absolute Gasteiger partial charge is 0.238 e. The van der Waals surface area contributed by atoms with E-state index in [-0.39, 0.29) is 24.1 Å². The number of benzene rings is 2. The fourth-order valence-electron chi connectivity index (χ4n) is 3.33. The highest BCUT2D eigenvalue weighted by Gasteiger charge is 2.30. The molecule has 0 aliphatic heterocycles. The van der Waals surface area contributed by atoms with Gasteiger partial charge in [-0.1, -0.05) is 12.1 Å². The standard InChI is InChI=1S/C24H29N3O3/c1-16-4-5-17(2)22(14-16)26-24(30)15-27(21-10-11-21)13-12-23(29)25-20-8-6-19(7-9-20)18(3)28/h4-9,14,21H,10-13,15H2,1-3H3,(H,25,29)(H,26,30). The summed E-state index contributed by atoms with van der Waals surface area (Å²) in [6, 6.07) is 13.2. The van der Waals surface area contributed by atoms with Crippen LogP contribution in [0.3, 0.4) is 0 Å². The van der Waals surface area contributed by atoms with Gasteiger partial charge in [0.2, 0.25) is 11.8 Å². The third kappa shape index (κ3) is 6.26. The van der Waals surface area contributed by atoms with Crippen LogP contribution >= 0.6 is 0 Å². The van der Waals surface area contributed by atoms with Crippen LogP contribution in [0.25, 0.3) is 0 Å². The van der Waals surface area contributed by atoms with E-state index in [1.807, 2.05) is 32.0 Å². The molecular formula is C24H29N3O3. The summed E-state index contributed by atoms with van der Waals surface area (Å²) in [5.74, 6) is -0.172. The summed E-state index contributed by atoms with van der Waals surface area (Å²) < 4.78 is 0. The number of hydrogen-bond acceptors (Lipinski definition) is 4. The van der Waals surface area contributed by atoms with E-state index in [9.17, 15) is 14.4 Å². The van der Waals surface area contributed by atoms with Crippen molar-refractivity contribution in [2.45, 2.75) is 46.1 Å². The quantitative estimate of drug-likeness (QED) is 0.617. The largest absolute Gasteiger partial charge is 0.326 e. The van der Waals surface area contributed by atoms with Crippen molar-refractivity contribution in [3.63, 3.8) is 0 Å². The molecule has 158 valence electrons. The van der Waals surface area contributed by atoms with E-state index in [1.165, 1.54) is 6.92 Å². The minimum absolute atomic E-state index is 0.00733. The van der Waals surface area contributed by atoms with Crippen molar-refractivity contribution >= 4 is 29.0 Å². The van der Waals surface area contributed by atoms with Gasteiger partial charge < -0.3 is 10.6 Å². The van der Waals surface area contributed by atoms with Crippen molar-refractivity contribution < 1.29 is 14.4 Å². The first-order valence-electron chi connectivity index (χ1n) is 10.3. The molecule has 1 aliphatic rings. The molecule has 0 aromatic heterocycles. The monoisotopic (exact) mass is 407 g/mol. The number of anilines is 2. The van der Waals surface area contributed by atoms with E-state index in [0.29, 0.717) is 30.3 Å². The Morgan fingerprint density at radius 1 is 0.967 bits per heavy atom. The van der Waals surface area contributed by atoms with Gasteiger partial charge in [0.25, 0.3) is 0 Å². The Balaban J connectivity index is 1.50. The molecule has 6 heteroatoms. The Kier molecular flexibility index (Phi) is 7.00. The predicted octanol–water partition coefficient (Wildman–Crippen LogP) is 3.94. The van der Waals surface area contributed by atoms with E-state index < -0.39 is 0 Å². The highest BCUT2D eigenvalue weighted by atomic mass is 16.2. The summed E-state index contributed by atoms with van der Waals surface area (Å²) in [6.07, 6.45) is 2.43. The second-order valence-electron chi connectivity index (χ2n) is 8.00. The molecule has 0 saturated heterocycles. The average molecular weight is 408 g/mol. The second kappa shape index (κ2) is 9.67. The molecule has 1 aliphatic carbocycles. The van der Waals surface area contributed by atoms with Crippen molar-refractivity contribution in [2.24, 2.45) is 0 Å². The molecule has 1 saturated carbocycles. The molecule has 6 nitrogen and oxygen atoms in total. The van der Waals surface area contributed by atoms with Gasteiger partial charge in [0.05, 0.1) is 6.54 Å². The third-order valence-corrected chi connectivity index (χ3v) is 5.28. The minimum atomic E-state index is -0.105. The molecule has 1 fully saturated rings. The summed E-state index contributed by atoms with van der Waals surface area (Å²) in [7, 11) is 0. The SMILES string of the molecule is CC(=O)c1ccc(NC(=O)CCN(CC(=O)Nc2cc(C)ccc2C)C2CC2)cc1. The number of amides is 2. The Morgan fingerprint density at radius 2 is 1.67 bits per heavy atom. The number of ketones is 1. The van der Waals surface area contributed by atoms with Gasteiger partial charge in [-0.3, -0.25) is 19.3 Å². The van der Waals surface area contributed by atoms with E-state index in [2.05, 4.69) is 15.5 Å². The first-order valence-corrected chi connectivity index (χ1v) is 10.3. The van der Waals surface area contributed by atoms with Crippen LogP contribution in [-0.4, -0.2) is 41.6 Å². The molecule has 0 radical (unpaired) electrons. The number of Topliss-reactive ketones (excluding diaryl/α,β-unsaturated/α-hetero) is 1. The first-order chi connectivity index (χ1) is 14.3. The highest BCUT2D eigenvalue weighted by Crippen LogP contribution is 2.27. The fraction of sp³-hybridized carbons (Fsp3) is 0.375. The highest BCUT2D eigenvalue weighted by molar-refractivity contribution is 5.96. The number of nitrogens with zero attached hydrogens (tertiary/aromatic N) is 1. The van der Waals surface area contributed by atoms with Crippen molar-refractivity contribution in [1.82, 2.24) is 4.90 Å². The van der Waals surface area contributed by atoms with E-state index >= 15 is 0 Å². The van der Waals surface area contributed by atoms with Crippen LogP contribution < -0.4 is 10.6 Å². The molecule has 2 aromatic carbocycles. The van der Waals surface area contributed by atoms with Crippen molar-refractivity contribution in [2.75, 3.05) is 23.7 Å². The van der Waals surface area contributed by atoms with Crippen LogP contribution in [0.2, 0.25) is 0 Å². The molecule has 0 heterocycles. The van der Waals surface area contributed by atoms with Crippen LogP contribution in [0.1, 0.15) is 47.7 Å². The molecule has 0 atom stereocenters. The number of nitrogens with one attached hydrogen (secondary N) is 2. The zero-order chi connectivity index (χ0) is 21.7. The molecular weight excluding hydrogens is 378 g/mol. The lowest BCUT2D eigenvalue weighted by molar-refractivity contribution is -0.119. The maximum atomic E-state index is 12.6. The summed E-state index contributed by atoms with van der Waals surface area (Å²) in [5.41, 5.74) is 4.24. The Morgan fingerprint density at radius 3 is 2.30 bits per heavy atom. The van der Waals surface area contributed by atoms with Gasteiger partial charge in [0.15, 0.2) is 5.78 Å². The maximum Gasteiger partial charge on any atom is 0.238 e. The van der Waals surface area contributed by atoms with Crippen LogP contribution in [0, 0.1) is 13.8 Å². The third-order valence-electron chi connectivity index (χ3n) is 5.28. The number of carbonyl (C=O) groups is 3. The molecule has 0 unspecified atom stereocenters. The summed E-state index contributed by atoms with van der Waals surface area (Å²) >= 11 is 0. The van der Waals surface area contributed by atoms with Crippen LogP contribution in [0.15, 0.2) is 42.5 Å². The van der Waals surface area contributed by atoms with Gasteiger partial charge in [-0.05, 0) is 75.1 Å². The van der Waals surface area contributed by atoms with Crippen molar-refractivity contribution in [1.29, 1.82) is 0 Å². The van der Waals surface area contributed by atoms with E-state index in [0.717, 1.165) is 29.7 Å². The van der Waals surface area contributed by atoms with E-state index in [1.54, 1.807) is 24.3 Å². The first kappa shape index (κ1) is 21.7. The number of aryl methyl sites for hydroxylation is 2. The Bertz CT molecular complexity index is 933. The predicted molar refractivity (Wildman–Crippen MR) is 119 cm³/mol. The molecule has 2 aromatic rings. The van der Waals surface area contributed by atoms with Crippen LogP contribution in [0.5, 0.6) is 0 Å². The minimum Gasteiger partial charge on any atom is -0.326 e. The van der Waals surface area contributed by atoms with Gasteiger partial charge in [-0.2, -0.15) is 0 Å². The zero-order valence-corrected chi connectivity index (χ0v) is 17.8. The lowest BCUT2D eigenvalue weighted by Gasteiger charge is -2.21. The normalized spacial score (nSPS) is 13.2. The molecule has 2 amide bonds. The number of hydrogen-bond donors (Lipinski definition) is 2. The fourth-order valence-corrected chi connectivity index (χ4v) is 3.33. The molecule has 2 N–H and O–H groups in total. The average Bonchev–Trinajstić information content (AvgIpc) is 3.53. The summed E-state index contributed by atoms with van der Waals surface area (Å²) in [6.45, 7) is 6.29. The number of carbonyl (C=O) groups excluding carboxylic acids is 3. The second-order valence-corrected chi connectivity index (χ2v) is 8.00. The Hall–Kier alpha value is -2.99. The van der Waals surface area contributed by atoms with Crippen LogP contribution in [-0.2, 0) is 9.59 Å². The topological polar surface area (TPSA) is 78.5 Å². The van der Waals surface area contributed by atoms with Gasteiger partial charge in [0.1, 0.15) is 0 Å². The summed E-state index contributed by atoms with van der Waals surface area (Å²) in [4.78, 5) is 38.3. The van der Waals surface area contributed by atoms with Gasteiger partial charge >= 0.3 is 0 Å².